The first-order valence-corrected chi connectivity index (χ1v) is 4.31. The molecular weight excluding hydrogens is 171 g/mol. The molecule has 0 bridgehead atoms. The van der Waals surface area contributed by atoms with E-state index >= 15 is 0 Å². The monoisotopic (exact) mass is 180 g/mol. The molecule has 1 heterocycles. The average molecular weight is 180 g/mol. The van der Waals surface area contributed by atoms with Crippen LogP contribution in [0, 0.1) is 0 Å². The van der Waals surface area contributed by atoms with Gasteiger partial charge in [-0.2, -0.15) is 0 Å². The molecule has 1 atom stereocenters. The van der Waals surface area contributed by atoms with E-state index in [1.165, 1.54) is 12.5 Å². The molecule has 62 valence electrons. The average Bonchev–Trinajstić information content (AvgIpc) is 2.32. The van der Waals surface area contributed by atoms with Gasteiger partial charge in [0.15, 0.2) is 0 Å². The minimum Gasteiger partial charge on any atom is -0.767 e. The third-order valence-electron chi connectivity index (χ3n) is 1.36. The van der Waals surface area contributed by atoms with E-state index in [0.717, 1.165) is 0 Å². The van der Waals surface area contributed by atoms with E-state index in [9.17, 15) is 8.76 Å². The van der Waals surface area contributed by atoms with Crippen molar-refractivity contribution in [2.45, 2.75) is 24.9 Å². The molecule has 0 aliphatic carbocycles. The maximum atomic E-state index is 10.5. The van der Waals surface area contributed by atoms with E-state index in [2.05, 4.69) is 4.98 Å². The molecule has 0 fully saturated rings. The Hall–Kier alpha value is -0.0826. The zero-order valence-electron chi connectivity index (χ0n) is 7.35. The zero-order valence-corrected chi connectivity index (χ0v) is 8.17. The zero-order chi connectivity index (χ0) is 8.43. The number of hydrogen-bond donors (Lipinski definition) is 0. The molecule has 0 spiro atoms. The van der Waals surface area contributed by atoms with Crippen molar-refractivity contribution in [1.82, 2.24) is 9.55 Å². The number of aromatic nitrogens is 2. The van der Waals surface area contributed by atoms with Gasteiger partial charge in [0.25, 0.3) is 0 Å². The van der Waals surface area contributed by atoms with E-state index in [1.807, 2.05) is 13.8 Å². The standard InChI is InChI=1S/C6H10N2O2S.Li/c1-5(2)8-4-7-3-6(8)11(9)10;/h3-5H,1-2H3,(H,9,10);/q;+1/p-1. The summed E-state index contributed by atoms with van der Waals surface area (Å²) in [7, 11) is 0. The minimum atomic E-state index is -2.18. The van der Waals surface area contributed by atoms with Crippen molar-refractivity contribution in [1.29, 1.82) is 0 Å². The number of rotatable bonds is 2. The van der Waals surface area contributed by atoms with Gasteiger partial charge in [-0.05, 0) is 24.9 Å². The number of nitrogens with zero attached hydrogens (tertiary/aromatic N) is 2. The first-order valence-electron chi connectivity index (χ1n) is 3.24. The fourth-order valence-electron chi connectivity index (χ4n) is 0.809. The summed E-state index contributed by atoms with van der Waals surface area (Å²) in [5, 5.41) is 0.236. The topological polar surface area (TPSA) is 58.0 Å². The normalized spacial score (nSPS) is 12.7. The van der Waals surface area contributed by atoms with Crippen LogP contribution < -0.4 is 18.9 Å². The fraction of sp³-hybridized carbons (Fsp3) is 0.500. The third kappa shape index (κ3) is 2.46. The number of imidazole rings is 1. The van der Waals surface area contributed by atoms with E-state index in [4.69, 9.17) is 0 Å². The van der Waals surface area contributed by atoms with Crippen LogP contribution in [0.3, 0.4) is 0 Å². The molecule has 4 nitrogen and oxygen atoms in total. The minimum absolute atomic E-state index is 0. The molecule has 1 aromatic heterocycles. The van der Waals surface area contributed by atoms with Gasteiger partial charge in [-0.15, -0.1) is 0 Å². The van der Waals surface area contributed by atoms with Crippen molar-refractivity contribution in [2.75, 3.05) is 0 Å². The largest absolute Gasteiger partial charge is 1.00 e. The van der Waals surface area contributed by atoms with E-state index in [1.54, 1.807) is 4.57 Å². The van der Waals surface area contributed by atoms with Gasteiger partial charge < -0.3 is 9.12 Å². The molecule has 0 radical (unpaired) electrons. The van der Waals surface area contributed by atoms with Gasteiger partial charge >= 0.3 is 18.9 Å². The predicted molar refractivity (Wildman–Crippen MR) is 39.8 cm³/mol. The van der Waals surface area contributed by atoms with Crippen LogP contribution in [0.2, 0.25) is 0 Å². The van der Waals surface area contributed by atoms with Crippen LogP contribution in [0.25, 0.3) is 0 Å². The summed E-state index contributed by atoms with van der Waals surface area (Å²) < 4.78 is 22.7. The summed E-state index contributed by atoms with van der Waals surface area (Å²) in [6, 6.07) is 0.130. The van der Waals surface area contributed by atoms with Gasteiger partial charge in [0.05, 0.1) is 12.5 Å². The Morgan fingerprint density at radius 1 is 1.67 bits per heavy atom. The van der Waals surface area contributed by atoms with E-state index in [0.29, 0.717) is 0 Å². The van der Waals surface area contributed by atoms with Crippen molar-refractivity contribution in [3.05, 3.63) is 12.5 Å². The van der Waals surface area contributed by atoms with Crippen LogP contribution in [0.1, 0.15) is 19.9 Å². The van der Waals surface area contributed by atoms with E-state index < -0.39 is 11.1 Å². The van der Waals surface area contributed by atoms with Crippen LogP contribution in [0.15, 0.2) is 17.6 Å². The van der Waals surface area contributed by atoms with Gasteiger partial charge in [-0.25, -0.2) is 4.98 Å². The first-order chi connectivity index (χ1) is 5.13. The predicted octanol–water partition coefficient (Wildman–Crippen LogP) is -2.29. The van der Waals surface area contributed by atoms with Crippen LogP contribution in [-0.4, -0.2) is 18.3 Å². The molecule has 0 aliphatic rings. The van der Waals surface area contributed by atoms with Crippen molar-refractivity contribution in [2.24, 2.45) is 0 Å². The van der Waals surface area contributed by atoms with Crippen LogP contribution in [0.5, 0.6) is 0 Å². The maximum absolute atomic E-state index is 10.5. The molecule has 0 aliphatic heterocycles. The summed E-state index contributed by atoms with van der Waals surface area (Å²) >= 11 is -2.18. The summed E-state index contributed by atoms with van der Waals surface area (Å²) in [5.74, 6) is 0. The molecule has 1 unspecified atom stereocenters. The van der Waals surface area contributed by atoms with Gasteiger partial charge in [0.1, 0.15) is 5.03 Å². The Labute approximate surface area is 85.8 Å². The molecular formula is C6H9LiN2O2S. The number of hydrogen-bond acceptors (Lipinski definition) is 3. The summed E-state index contributed by atoms with van der Waals surface area (Å²) in [6.45, 7) is 3.80. The molecule has 0 saturated carbocycles. The van der Waals surface area contributed by atoms with Crippen molar-refractivity contribution < 1.29 is 27.6 Å². The second kappa shape index (κ2) is 4.83. The van der Waals surface area contributed by atoms with Gasteiger partial charge in [0, 0.05) is 6.04 Å². The smallest absolute Gasteiger partial charge is 0.767 e. The molecule has 0 amide bonds. The summed E-state index contributed by atoms with van der Waals surface area (Å²) in [6.07, 6.45) is 2.85. The van der Waals surface area contributed by atoms with E-state index in [-0.39, 0.29) is 29.9 Å². The van der Waals surface area contributed by atoms with Gasteiger partial charge in [-0.3, -0.25) is 4.21 Å². The molecule has 1 aromatic rings. The third-order valence-corrected chi connectivity index (χ3v) is 2.02. The van der Waals surface area contributed by atoms with Crippen LogP contribution in [-0.2, 0) is 11.1 Å². The second-order valence-corrected chi connectivity index (χ2v) is 3.36. The second-order valence-electron chi connectivity index (χ2n) is 2.47. The Balaban J connectivity index is 0.00000121. The Kier molecular flexibility index (Phi) is 4.79. The Bertz CT molecular complexity index is 274. The molecule has 0 N–H and O–H groups in total. The fourth-order valence-corrected chi connectivity index (χ4v) is 1.39. The first kappa shape index (κ1) is 11.9. The Morgan fingerprint density at radius 2 is 2.25 bits per heavy atom. The Morgan fingerprint density at radius 3 is 2.58 bits per heavy atom. The van der Waals surface area contributed by atoms with Crippen LogP contribution >= 0.6 is 0 Å². The molecule has 0 aromatic carbocycles. The quantitative estimate of drug-likeness (QED) is 0.380. The van der Waals surface area contributed by atoms with Gasteiger partial charge in [0.2, 0.25) is 0 Å². The van der Waals surface area contributed by atoms with Crippen LogP contribution in [0.4, 0.5) is 0 Å². The van der Waals surface area contributed by atoms with Crippen molar-refractivity contribution in [3.63, 3.8) is 0 Å². The molecule has 1 rings (SSSR count). The SMILES string of the molecule is CC(C)n1cncc1S(=O)[O-].[Li+]. The van der Waals surface area contributed by atoms with Crippen molar-refractivity contribution >= 4 is 11.1 Å². The summed E-state index contributed by atoms with van der Waals surface area (Å²) in [4.78, 5) is 3.73. The maximum Gasteiger partial charge on any atom is 1.00 e. The van der Waals surface area contributed by atoms with Gasteiger partial charge in [-0.1, -0.05) is 0 Å². The van der Waals surface area contributed by atoms with Crippen molar-refractivity contribution in [3.8, 4) is 0 Å². The molecule has 0 saturated heterocycles. The molecule has 12 heavy (non-hydrogen) atoms. The summed E-state index contributed by atoms with van der Waals surface area (Å²) in [5.41, 5.74) is 0. The molecule has 6 heteroatoms.